The molecule has 0 bridgehead atoms. The molecule has 0 atom stereocenters. The van der Waals surface area contributed by atoms with Crippen molar-refractivity contribution in [3.8, 4) is 0 Å². The zero-order valence-corrected chi connectivity index (χ0v) is 6.71. The van der Waals surface area contributed by atoms with Gasteiger partial charge in [-0.3, -0.25) is 0 Å². The van der Waals surface area contributed by atoms with E-state index < -0.39 is 0 Å². The first-order chi connectivity index (χ1) is 2.91. The van der Waals surface area contributed by atoms with Crippen LogP contribution in [0, 0.1) is 0 Å². The Balaban J connectivity index is 2.09. The Kier molecular flexibility index (Phi) is 0.951. The minimum Gasteiger partial charge on any atom is -0.0378 e. The van der Waals surface area contributed by atoms with Gasteiger partial charge in [-0.1, -0.05) is 0 Å². The molecule has 6 heavy (non-hydrogen) atoms. The second kappa shape index (κ2) is 1.29. The third kappa shape index (κ3) is 0.545. The second-order valence-corrected chi connectivity index (χ2v) is 15.0. The summed E-state index contributed by atoms with van der Waals surface area (Å²) in [6, 6.07) is 0. The van der Waals surface area contributed by atoms with Crippen LogP contribution in [0.2, 0.25) is 0 Å². The minimum absolute atomic E-state index is 0.120. The van der Waals surface area contributed by atoms with Crippen molar-refractivity contribution in [2.75, 3.05) is 11.8 Å². The van der Waals surface area contributed by atoms with Gasteiger partial charge >= 0.3 is 0 Å². The van der Waals surface area contributed by atoms with Crippen LogP contribution in [0.1, 0.15) is 0 Å². The van der Waals surface area contributed by atoms with E-state index in [-0.39, 0.29) is 5.67 Å². The monoisotopic (exact) mass is 155 g/mol. The molecule has 4 heteroatoms. The van der Waals surface area contributed by atoms with Crippen LogP contribution in [-0.2, 0) is 0 Å². The summed E-state index contributed by atoms with van der Waals surface area (Å²) in [5.41, 5.74) is -0.120. The van der Waals surface area contributed by atoms with Gasteiger partial charge in [0.25, 0.3) is 0 Å². The molecule has 0 aromatic rings. The first-order valence-electron chi connectivity index (χ1n) is 1.87. The zero-order chi connectivity index (χ0) is 4.04. The Morgan fingerprint density at radius 3 is 2.00 bits per heavy atom. The molecule has 0 aromatic heterocycles. The van der Waals surface area contributed by atoms with Crippen molar-refractivity contribution in [3.05, 3.63) is 0 Å². The zero-order valence-electron chi connectivity index (χ0n) is 3.18. The first kappa shape index (κ1) is 4.44. The summed E-state index contributed by atoms with van der Waals surface area (Å²) >= 11 is 0. The predicted molar refractivity (Wildman–Crippen MR) is 40.2 cm³/mol. The van der Waals surface area contributed by atoms with E-state index in [9.17, 15) is 0 Å². The molecule has 0 saturated carbocycles. The molecule has 0 nitrogen and oxygen atoms in total. The van der Waals surface area contributed by atoms with Gasteiger partial charge in [0.15, 0.2) is 5.67 Å². The molecule has 2 rings (SSSR count). The highest BCUT2D eigenvalue weighted by Gasteiger charge is 2.64. The molecule has 0 unspecified atom stereocenters. The van der Waals surface area contributed by atoms with Crippen molar-refractivity contribution in [2.24, 2.45) is 0 Å². The average Bonchev–Trinajstić information content (AvgIpc) is 2.02. The molecule has 0 amide bonds. The summed E-state index contributed by atoms with van der Waals surface area (Å²) in [6.45, 7) is 0. The highest BCUT2D eigenvalue weighted by atomic mass is 33.8. The minimum atomic E-state index is -0.120. The van der Waals surface area contributed by atoms with Gasteiger partial charge in [0.05, 0.1) is 0 Å². The lowest BCUT2D eigenvalue weighted by Crippen LogP contribution is -1.86. The van der Waals surface area contributed by atoms with E-state index in [4.69, 9.17) is 0 Å². The van der Waals surface area contributed by atoms with Gasteiger partial charge < -0.3 is 0 Å². The average molecular weight is 155 g/mol. The Morgan fingerprint density at radius 1 is 1.33 bits per heavy atom. The van der Waals surface area contributed by atoms with Crippen LogP contribution < -0.4 is 0 Å². The largest absolute Gasteiger partial charge is 0.172 e. The molecule has 2 saturated heterocycles. The molecule has 0 aromatic carbocycles. The van der Waals surface area contributed by atoms with Gasteiger partial charge in [-0.05, 0) is 8.58 Å². The summed E-state index contributed by atoms with van der Waals surface area (Å²) in [5, 5.41) is 0. The van der Waals surface area contributed by atoms with E-state index in [2.05, 4.69) is 20.8 Å². The summed E-state index contributed by atoms with van der Waals surface area (Å²) in [6.07, 6.45) is 0. The smallest absolute Gasteiger partial charge is 0.0378 e. The van der Waals surface area contributed by atoms with Crippen LogP contribution in [0.15, 0.2) is 0 Å². The van der Waals surface area contributed by atoms with E-state index in [0.717, 1.165) is 0 Å². The molecule has 0 N–H and O–H groups in total. The van der Waals surface area contributed by atoms with Crippen LogP contribution in [0.3, 0.4) is 0 Å². The second-order valence-electron chi connectivity index (χ2n) is 1.53. The van der Waals surface area contributed by atoms with Crippen molar-refractivity contribution < 1.29 is 0 Å². The molecule has 2 heterocycles. The SMILES string of the molecule is C1PC[P+]12SS2. The predicted octanol–water partition coefficient (Wildman–Crippen LogP) is 2.84. The summed E-state index contributed by atoms with van der Waals surface area (Å²) in [7, 11) is 5.73. The van der Waals surface area contributed by atoms with Crippen molar-refractivity contribution in [1.82, 2.24) is 0 Å². The number of rotatable bonds is 0. The van der Waals surface area contributed by atoms with E-state index in [1.807, 2.05) is 0 Å². The molecule has 0 aliphatic carbocycles. The van der Waals surface area contributed by atoms with Crippen molar-refractivity contribution in [3.63, 3.8) is 0 Å². The first-order valence-corrected chi connectivity index (χ1v) is 8.81. The quantitative estimate of drug-likeness (QED) is 0.299. The van der Waals surface area contributed by atoms with Crippen molar-refractivity contribution in [2.45, 2.75) is 0 Å². The molecular weight excluding hydrogens is 150 g/mol. The molecule has 1 spiro atoms. The normalized spacial score (nSPS) is 36.0. The standard InChI is InChI=1S/C2H5P2S2/c1-3-2-4(1)5-6-4/h3H,1-2H2/q+1. The Morgan fingerprint density at radius 2 is 2.00 bits per heavy atom. The summed E-state index contributed by atoms with van der Waals surface area (Å²) in [4.78, 5) is 0. The van der Waals surface area contributed by atoms with Gasteiger partial charge in [0, 0.05) is 0 Å². The van der Waals surface area contributed by atoms with Crippen LogP contribution >= 0.6 is 35.1 Å². The van der Waals surface area contributed by atoms with Crippen molar-refractivity contribution in [1.29, 1.82) is 0 Å². The molecule has 2 fully saturated rings. The van der Waals surface area contributed by atoms with Gasteiger partial charge in [0.2, 0.25) is 0 Å². The van der Waals surface area contributed by atoms with E-state index >= 15 is 0 Å². The van der Waals surface area contributed by atoms with Crippen LogP contribution in [-0.4, -0.2) is 11.8 Å². The van der Waals surface area contributed by atoms with Crippen LogP contribution in [0.25, 0.3) is 0 Å². The topological polar surface area (TPSA) is 0 Å². The molecular formula is C2H5P2S2+. The van der Waals surface area contributed by atoms with Gasteiger partial charge in [-0.2, -0.15) is 0 Å². The molecule has 0 radical (unpaired) electrons. The number of hydrogen-bond acceptors (Lipinski definition) is 2. The van der Waals surface area contributed by atoms with E-state index in [1.165, 1.54) is 8.58 Å². The van der Waals surface area contributed by atoms with E-state index in [1.54, 1.807) is 11.8 Å². The third-order valence-corrected chi connectivity index (χ3v) is 18.7. The fraction of sp³-hybridized carbons (Fsp3) is 1.00. The Labute approximate surface area is 47.2 Å². The van der Waals surface area contributed by atoms with Crippen LogP contribution in [0.4, 0.5) is 0 Å². The maximum Gasteiger partial charge on any atom is 0.172 e. The highest BCUT2D eigenvalue weighted by molar-refractivity contribution is 9.49. The van der Waals surface area contributed by atoms with Crippen LogP contribution in [0.5, 0.6) is 0 Å². The van der Waals surface area contributed by atoms with Gasteiger partial charge in [0.1, 0.15) is 32.6 Å². The van der Waals surface area contributed by atoms with Gasteiger partial charge in [-0.15, -0.1) is 0 Å². The lowest BCUT2D eigenvalue weighted by atomic mass is 11.8. The summed E-state index contributed by atoms with van der Waals surface area (Å²) < 4.78 is 0. The molecule has 2 aliphatic heterocycles. The third-order valence-electron chi connectivity index (χ3n) is 0.991. The van der Waals surface area contributed by atoms with Gasteiger partial charge in [-0.25, -0.2) is 0 Å². The molecule has 2 aliphatic rings. The lowest BCUT2D eigenvalue weighted by molar-refractivity contribution is 1.93. The fourth-order valence-corrected chi connectivity index (χ4v) is 18.3. The number of hydrogen-bond donors (Lipinski definition) is 0. The highest BCUT2D eigenvalue weighted by Crippen LogP contribution is 3.09. The Bertz CT molecular complexity index is 73.6. The van der Waals surface area contributed by atoms with Crippen molar-refractivity contribution >= 4 is 35.1 Å². The maximum absolute atomic E-state index is 2.19. The lowest BCUT2D eigenvalue weighted by Gasteiger charge is -2.09. The summed E-state index contributed by atoms with van der Waals surface area (Å²) in [5.74, 6) is 3.25. The maximum atomic E-state index is 2.19. The Hall–Kier alpha value is 1.56. The fourth-order valence-electron chi connectivity index (χ4n) is 0.447. The van der Waals surface area contributed by atoms with E-state index in [0.29, 0.717) is 0 Å². The molecule has 34 valence electrons.